The zero-order valence-electron chi connectivity index (χ0n) is 9.39. The highest BCUT2D eigenvalue weighted by atomic mass is 16.5. The third-order valence-electron chi connectivity index (χ3n) is 3.45. The van der Waals surface area contributed by atoms with E-state index in [1.54, 1.807) is 0 Å². The van der Waals surface area contributed by atoms with Gasteiger partial charge < -0.3 is 14.6 Å². The second-order valence-electron chi connectivity index (χ2n) is 4.49. The molecule has 1 N–H and O–H groups in total. The Kier molecular flexibility index (Phi) is 2.52. The van der Waals surface area contributed by atoms with Crippen molar-refractivity contribution in [3.05, 3.63) is 29.3 Å². The number of hydrogen-bond acceptors (Lipinski definition) is 3. The predicted octanol–water partition coefficient (Wildman–Crippen LogP) is 1.78. The van der Waals surface area contributed by atoms with Gasteiger partial charge in [0.25, 0.3) is 0 Å². The van der Waals surface area contributed by atoms with Crippen molar-refractivity contribution in [1.82, 2.24) is 0 Å². The summed E-state index contributed by atoms with van der Waals surface area (Å²) in [6.45, 7) is 1.24. The van der Waals surface area contributed by atoms with Crippen LogP contribution in [-0.4, -0.2) is 24.3 Å². The molecule has 1 aromatic carbocycles. The van der Waals surface area contributed by atoms with Crippen molar-refractivity contribution < 1.29 is 19.4 Å². The minimum absolute atomic E-state index is 0.307. The van der Waals surface area contributed by atoms with Gasteiger partial charge in [-0.1, -0.05) is 6.07 Å². The fourth-order valence-electron chi connectivity index (χ4n) is 2.55. The van der Waals surface area contributed by atoms with E-state index < -0.39 is 11.9 Å². The summed E-state index contributed by atoms with van der Waals surface area (Å²) < 4.78 is 11.0. The number of ether oxygens (including phenoxy) is 2. The molecule has 2 atom stereocenters. The number of rotatable bonds is 2. The molecule has 1 fully saturated rings. The zero-order chi connectivity index (χ0) is 11.8. The first-order valence-electron chi connectivity index (χ1n) is 5.86. The number of hydrogen-bond donors (Lipinski definition) is 1. The van der Waals surface area contributed by atoms with Crippen LogP contribution in [0, 0.1) is 5.92 Å². The highest BCUT2D eigenvalue weighted by molar-refractivity contribution is 5.71. The molecule has 4 heteroatoms. The van der Waals surface area contributed by atoms with Crippen molar-refractivity contribution in [3.8, 4) is 5.75 Å². The van der Waals surface area contributed by atoms with Gasteiger partial charge in [0.05, 0.1) is 18.6 Å². The predicted molar refractivity (Wildman–Crippen MR) is 60.1 cm³/mol. The largest absolute Gasteiger partial charge is 0.493 e. The molecule has 2 heterocycles. The first kappa shape index (κ1) is 10.6. The molecular formula is C13H14O4. The Morgan fingerprint density at radius 2 is 2.24 bits per heavy atom. The number of carboxylic acids is 1. The van der Waals surface area contributed by atoms with Crippen molar-refractivity contribution in [1.29, 1.82) is 0 Å². The lowest BCUT2D eigenvalue weighted by Crippen LogP contribution is -2.17. The fourth-order valence-corrected chi connectivity index (χ4v) is 2.55. The maximum absolute atomic E-state index is 11.1. The van der Waals surface area contributed by atoms with Gasteiger partial charge in [-0.05, 0) is 29.7 Å². The molecule has 0 spiro atoms. The number of carbonyl (C=O) groups is 1. The summed E-state index contributed by atoms with van der Waals surface area (Å²) in [7, 11) is 0. The minimum atomic E-state index is -0.774. The van der Waals surface area contributed by atoms with Gasteiger partial charge in [0.2, 0.25) is 0 Å². The van der Waals surface area contributed by atoms with Gasteiger partial charge >= 0.3 is 5.97 Å². The summed E-state index contributed by atoms with van der Waals surface area (Å²) in [6.07, 6.45) is 1.18. The van der Waals surface area contributed by atoms with E-state index in [0.29, 0.717) is 19.6 Å². The summed E-state index contributed by atoms with van der Waals surface area (Å²) >= 11 is 0. The van der Waals surface area contributed by atoms with Crippen LogP contribution in [0.5, 0.6) is 5.75 Å². The highest BCUT2D eigenvalue weighted by Crippen LogP contribution is 2.37. The van der Waals surface area contributed by atoms with Crippen LogP contribution in [0.1, 0.15) is 23.7 Å². The summed E-state index contributed by atoms with van der Waals surface area (Å²) in [4.78, 5) is 11.1. The second-order valence-corrected chi connectivity index (χ2v) is 4.49. The SMILES string of the molecule is O=C(O)C1CCOC1c1ccc2c(c1)CCO2. The molecule has 4 nitrogen and oxygen atoms in total. The molecule has 1 aromatic rings. The third-order valence-corrected chi connectivity index (χ3v) is 3.45. The van der Waals surface area contributed by atoms with E-state index in [9.17, 15) is 4.79 Å². The van der Waals surface area contributed by atoms with Gasteiger partial charge in [0, 0.05) is 13.0 Å². The van der Waals surface area contributed by atoms with Crippen molar-refractivity contribution in [2.75, 3.05) is 13.2 Å². The van der Waals surface area contributed by atoms with Gasteiger partial charge in [-0.15, -0.1) is 0 Å². The standard InChI is InChI=1S/C13H14O4/c14-13(15)10-4-6-17-12(10)9-1-2-11-8(7-9)3-5-16-11/h1-2,7,10,12H,3-6H2,(H,14,15). The van der Waals surface area contributed by atoms with E-state index in [4.69, 9.17) is 14.6 Å². The van der Waals surface area contributed by atoms with Crippen LogP contribution >= 0.6 is 0 Å². The topological polar surface area (TPSA) is 55.8 Å². The van der Waals surface area contributed by atoms with E-state index in [0.717, 1.165) is 23.3 Å². The lowest BCUT2D eigenvalue weighted by Gasteiger charge is -2.16. The smallest absolute Gasteiger partial charge is 0.309 e. The van der Waals surface area contributed by atoms with Crippen LogP contribution < -0.4 is 4.74 Å². The Morgan fingerprint density at radius 3 is 3.06 bits per heavy atom. The maximum Gasteiger partial charge on any atom is 0.309 e. The van der Waals surface area contributed by atoms with Crippen LogP contribution in [0.25, 0.3) is 0 Å². The molecule has 2 aliphatic heterocycles. The maximum atomic E-state index is 11.1. The van der Waals surface area contributed by atoms with Crippen LogP contribution in [-0.2, 0) is 16.0 Å². The van der Waals surface area contributed by atoms with Crippen LogP contribution in [0.4, 0.5) is 0 Å². The molecule has 0 amide bonds. The molecule has 90 valence electrons. The van der Waals surface area contributed by atoms with Crippen molar-refractivity contribution >= 4 is 5.97 Å². The summed E-state index contributed by atoms with van der Waals surface area (Å²) in [6, 6.07) is 5.85. The highest BCUT2D eigenvalue weighted by Gasteiger charge is 2.35. The molecule has 0 radical (unpaired) electrons. The molecule has 0 aromatic heterocycles. The van der Waals surface area contributed by atoms with Gasteiger partial charge in [-0.2, -0.15) is 0 Å². The van der Waals surface area contributed by atoms with Crippen molar-refractivity contribution in [2.45, 2.75) is 18.9 Å². The van der Waals surface area contributed by atoms with Gasteiger partial charge in [0.1, 0.15) is 5.75 Å². The molecule has 1 saturated heterocycles. The summed E-state index contributed by atoms with van der Waals surface area (Å²) in [5.74, 6) is -0.279. The average Bonchev–Trinajstić information content (AvgIpc) is 2.96. The Labute approximate surface area is 99.2 Å². The molecule has 0 bridgehead atoms. The Morgan fingerprint density at radius 1 is 1.35 bits per heavy atom. The van der Waals surface area contributed by atoms with E-state index >= 15 is 0 Å². The van der Waals surface area contributed by atoms with Gasteiger partial charge in [-0.25, -0.2) is 0 Å². The molecule has 3 rings (SSSR count). The molecule has 0 saturated carbocycles. The third kappa shape index (κ3) is 1.78. The fraction of sp³-hybridized carbons (Fsp3) is 0.462. The van der Waals surface area contributed by atoms with E-state index in [-0.39, 0.29) is 6.10 Å². The Hall–Kier alpha value is -1.55. The van der Waals surface area contributed by atoms with Crippen molar-refractivity contribution in [3.63, 3.8) is 0 Å². The molecule has 0 aliphatic carbocycles. The van der Waals surface area contributed by atoms with Crippen LogP contribution in [0.15, 0.2) is 18.2 Å². The Balaban J connectivity index is 1.91. The minimum Gasteiger partial charge on any atom is -0.493 e. The van der Waals surface area contributed by atoms with Gasteiger partial charge in [-0.3, -0.25) is 4.79 Å². The Bertz CT molecular complexity index is 455. The quantitative estimate of drug-likeness (QED) is 0.847. The summed E-state index contributed by atoms with van der Waals surface area (Å²) in [5.41, 5.74) is 2.11. The molecule has 2 unspecified atom stereocenters. The number of aliphatic carboxylic acids is 1. The number of carboxylic acid groups (broad SMARTS) is 1. The van der Waals surface area contributed by atoms with Gasteiger partial charge in [0.15, 0.2) is 0 Å². The van der Waals surface area contributed by atoms with Crippen LogP contribution in [0.3, 0.4) is 0 Å². The average molecular weight is 234 g/mol. The zero-order valence-corrected chi connectivity index (χ0v) is 9.39. The molecule has 17 heavy (non-hydrogen) atoms. The summed E-state index contributed by atoms with van der Waals surface area (Å²) in [5, 5.41) is 9.13. The number of fused-ring (bicyclic) bond motifs is 1. The molecule has 2 aliphatic rings. The molecular weight excluding hydrogens is 220 g/mol. The van der Waals surface area contributed by atoms with E-state index in [2.05, 4.69) is 0 Å². The lowest BCUT2D eigenvalue weighted by atomic mass is 9.94. The normalized spacial score (nSPS) is 26.6. The second kappa shape index (κ2) is 4.04. The van der Waals surface area contributed by atoms with E-state index in [1.807, 2.05) is 18.2 Å². The first-order chi connectivity index (χ1) is 8.25. The van der Waals surface area contributed by atoms with E-state index in [1.165, 1.54) is 0 Å². The monoisotopic (exact) mass is 234 g/mol. The lowest BCUT2D eigenvalue weighted by molar-refractivity contribution is -0.143. The van der Waals surface area contributed by atoms with Crippen LogP contribution in [0.2, 0.25) is 0 Å². The number of benzene rings is 1. The van der Waals surface area contributed by atoms with Crippen molar-refractivity contribution in [2.24, 2.45) is 5.92 Å². The first-order valence-corrected chi connectivity index (χ1v) is 5.86.